The SMILES string of the molecule is Cc1ccc(C(C(=O)NC(C)(C)C)N(C(=O)C(CS)NC(=O)OC(C)(C)C)C(C)CCC(C)C)cc1C. The molecule has 210 valence electrons. The van der Waals surface area contributed by atoms with Gasteiger partial charge in [-0.1, -0.05) is 32.0 Å². The molecule has 0 aliphatic heterocycles. The summed E-state index contributed by atoms with van der Waals surface area (Å²) in [5.41, 5.74) is 1.65. The van der Waals surface area contributed by atoms with Gasteiger partial charge in [-0.15, -0.1) is 0 Å². The van der Waals surface area contributed by atoms with Crippen molar-refractivity contribution in [2.24, 2.45) is 5.92 Å². The number of amides is 3. The van der Waals surface area contributed by atoms with Crippen molar-refractivity contribution >= 4 is 30.5 Å². The largest absolute Gasteiger partial charge is 0.444 e. The molecule has 0 saturated carbocycles. The van der Waals surface area contributed by atoms with Crippen LogP contribution in [0.4, 0.5) is 4.79 Å². The summed E-state index contributed by atoms with van der Waals surface area (Å²) >= 11 is 4.38. The van der Waals surface area contributed by atoms with Crippen molar-refractivity contribution in [1.29, 1.82) is 0 Å². The lowest BCUT2D eigenvalue weighted by Gasteiger charge is -2.39. The Balaban J connectivity index is 3.61. The van der Waals surface area contributed by atoms with Gasteiger partial charge in [-0.2, -0.15) is 12.6 Å². The minimum atomic E-state index is -0.962. The molecule has 0 fully saturated rings. The van der Waals surface area contributed by atoms with Gasteiger partial charge in [0.15, 0.2) is 0 Å². The first-order valence-corrected chi connectivity index (χ1v) is 13.8. The Kier molecular flexibility index (Phi) is 12.0. The van der Waals surface area contributed by atoms with Crippen LogP contribution in [-0.2, 0) is 14.3 Å². The molecule has 3 unspecified atom stereocenters. The van der Waals surface area contributed by atoms with Gasteiger partial charge in [0, 0.05) is 17.3 Å². The van der Waals surface area contributed by atoms with Gasteiger partial charge in [0.1, 0.15) is 17.7 Å². The molecule has 3 atom stereocenters. The molecule has 8 heteroatoms. The molecule has 2 N–H and O–H groups in total. The molecule has 1 rings (SSSR count). The van der Waals surface area contributed by atoms with Crippen LogP contribution >= 0.6 is 12.6 Å². The van der Waals surface area contributed by atoms with Crippen LogP contribution in [0.5, 0.6) is 0 Å². The van der Waals surface area contributed by atoms with E-state index in [0.29, 0.717) is 12.3 Å². The van der Waals surface area contributed by atoms with Crippen molar-refractivity contribution in [2.45, 2.75) is 118 Å². The predicted octanol–water partition coefficient (Wildman–Crippen LogP) is 5.74. The highest BCUT2D eigenvalue weighted by Crippen LogP contribution is 2.29. The van der Waals surface area contributed by atoms with Crippen molar-refractivity contribution in [3.8, 4) is 0 Å². The van der Waals surface area contributed by atoms with Crippen LogP contribution < -0.4 is 10.6 Å². The average Bonchev–Trinajstić information content (AvgIpc) is 2.73. The lowest BCUT2D eigenvalue weighted by molar-refractivity contribution is -0.145. The number of carbonyl (C=O) groups excluding carboxylic acids is 3. The highest BCUT2D eigenvalue weighted by molar-refractivity contribution is 7.80. The Morgan fingerprint density at radius 2 is 1.57 bits per heavy atom. The second kappa shape index (κ2) is 13.5. The summed E-state index contributed by atoms with van der Waals surface area (Å²) in [6, 6.07) is 3.73. The average molecular weight is 536 g/mol. The molecule has 0 bridgehead atoms. The van der Waals surface area contributed by atoms with E-state index in [4.69, 9.17) is 4.74 Å². The monoisotopic (exact) mass is 535 g/mol. The van der Waals surface area contributed by atoms with Gasteiger partial charge in [-0.3, -0.25) is 9.59 Å². The molecule has 0 aromatic heterocycles. The van der Waals surface area contributed by atoms with Gasteiger partial charge in [-0.25, -0.2) is 4.79 Å². The van der Waals surface area contributed by atoms with Crippen LogP contribution in [0.2, 0.25) is 0 Å². The van der Waals surface area contributed by atoms with Crippen molar-refractivity contribution in [3.05, 3.63) is 34.9 Å². The van der Waals surface area contributed by atoms with Gasteiger partial charge in [0.2, 0.25) is 11.8 Å². The maximum atomic E-state index is 14.1. The fraction of sp³-hybridized carbons (Fsp3) is 0.690. The molecule has 1 aromatic rings. The first-order valence-electron chi connectivity index (χ1n) is 13.2. The summed E-state index contributed by atoms with van der Waals surface area (Å²) in [7, 11) is 0. The zero-order chi connectivity index (χ0) is 28.7. The van der Waals surface area contributed by atoms with Crippen molar-refractivity contribution in [3.63, 3.8) is 0 Å². The van der Waals surface area contributed by atoms with Crippen LogP contribution in [0.25, 0.3) is 0 Å². The number of ether oxygens (including phenoxy) is 1. The normalized spacial score (nSPS) is 14.5. The Hall–Kier alpha value is -2.22. The molecule has 37 heavy (non-hydrogen) atoms. The lowest BCUT2D eigenvalue weighted by Crippen LogP contribution is -2.57. The van der Waals surface area contributed by atoms with Gasteiger partial charge >= 0.3 is 6.09 Å². The van der Waals surface area contributed by atoms with Gasteiger partial charge in [0.05, 0.1) is 0 Å². The molecule has 0 heterocycles. The second-order valence-corrected chi connectivity index (χ2v) is 12.8. The number of nitrogens with one attached hydrogen (secondary N) is 2. The lowest BCUT2D eigenvalue weighted by atomic mass is 9.94. The number of hydrogen-bond acceptors (Lipinski definition) is 5. The predicted molar refractivity (Wildman–Crippen MR) is 154 cm³/mol. The zero-order valence-corrected chi connectivity index (χ0v) is 25.6. The van der Waals surface area contributed by atoms with Crippen LogP contribution in [0.3, 0.4) is 0 Å². The van der Waals surface area contributed by atoms with E-state index in [1.807, 2.05) is 59.7 Å². The molecule has 1 aromatic carbocycles. The minimum absolute atomic E-state index is 0.0615. The quantitative estimate of drug-likeness (QED) is 0.334. The minimum Gasteiger partial charge on any atom is -0.444 e. The summed E-state index contributed by atoms with van der Waals surface area (Å²) in [4.78, 5) is 42.2. The van der Waals surface area contributed by atoms with Crippen LogP contribution in [0, 0.1) is 19.8 Å². The Morgan fingerprint density at radius 3 is 2.03 bits per heavy atom. The molecule has 7 nitrogen and oxygen atoms in total. The number of hydrogen-bond donors (Lipinski definition) is 3. The van der Waals surface area contributed by atoms with Crippen LogP contribution in [0.1, 0.15) is 97.9 Å². The molecular formula is C29H49N3O4S. The maximum Gasteiger partial charge on any atom is 0.408 e. The first-order chi connectivity index (χ1) is 16.9. The van der Waals surface area contributed by atoms with Crippen LogP contribution in [-0.4, -0.2) is 51.8 Å². The summed E-state index contributed by atoms with van der Waals surface area (Å²) < 4.78 is 5.39. The van der Waals surface area contributed by atoms with Crippen molar-refractivity contribution in [1.82, 2.24) is 15.5 Å². The third-order valence-electron chi connectivity index (χ3n) is 5.93. The van der Waals surface area contributed by atoms with Gasteiger partial charge in [0.25, 0.3) is 0 Å². The molecule has 0 spiro atoms. The molecule has 3 amide bonds. The number of rotatable bonds is 10. The van der Waals surface area contributed by atoms with E-state index in [9.17, 15) is 14.4 Å². The highest BCUT2D eigenvalue weighted by Gasteiger charge is 2.39. The van der Waals surface area contributed by atoms with Gasteiger partial charge in [-0.05, 0) is 97.8 Å². The number of thiol groups is 1. The number of carbonyl (C=O) groups is 3. The fourth-order valence-electron chi connectivity index (χ4n) is 3.94. The van der Waals surface area contributed by atoms with E-state index in [1.165, 1.54) is 0 Å². The first kappa shape index (κ1) is 32.8. The fourth-order valence-corrected chi connectivity index (χ4v) is 4.19. The van der Waals surface area contributed by atoms with Gasteiger partial charge < -0.3 is 20.3 Å². The van der Waals surface area contributed by atoms with Crippen molar-refractivity contribution in [2.75, 3.05) is 5.75 Å². The molecule has 0 saturated heterocycles. The smallest absolute Gasteiger partial charge is 0.408 e. The molecular weight excluding hydrogens is 486 g/mol. The Morgan fingerprint density at radius 1 is 0.973 bits per heavy atom. The third-order valence-corrected chi connectivity index (χ3v) is 6.30. The zero-order valence-electron chi connectivity index (χ0n) is 24.7. The Labute approximate surface area is 229 Å². The van der Waals surface area contributed by atoms with E-state index in [-0.39, 0.29) is 23.6 Å². The highest BCUT2D eigenvalue weighted by atomic mass is 32.1. The van der Waals surface area contributed by atoms with E-state index >= 15 is 0 Å². The van der Waals surface area contributed by atoms with E-state index in [1.54, 1.807) is 25.7 Å². The topological polar surface area (TPSA) is 87.7 Å². The summed E-state index contributed by atoms with van der Waals surface area (Å²) in [6.45, 7) is 21.3. The number of benzene rings is 1. The molecule has 0 aliphatic rings. The Bertz CT molecular complexity index is 934. The standard InChI is InChI=1S/C29H49N3O4S/c1-18(2)12-14-21(5)32(26(34)23(17-37)30-27(35)36-29(9,10)11)24(25(33)31-28(6,7)8)22-15-13-19(3)20(4)16-22/h13,15-16,18,21,23-24,37H,12,14,17H2,1-11H3,(H,30,35)(H,31,33). The van der Waals surface area contributed by atoms with E-state index in [2.05, 4.69) is 37.1 Å². The van der Waals surface area contributed by atoms with E-state index < -0.39 is 29.3 Å². The number of nitrogens with zero attached hydrogens (tertiary/aromatic N) is 1. The summed E-state index contributed by atoms with van der Waals surface area (Å²) in [5, 5.41) is 5.75. The number of aryl methyl sites for hydroxylation is 2. The molecule has 0 radical (unpaired) electrons. The van der Waals surface area contributed by atoms with Crippen LogP contribution in [0.15, 0.2) is 18.2 Å². The number of alkyl carbamates (subject to hydrolysis) is 1. The second-order valence-electron chi connectivity index (χ2n) is 12.4. The summed E-state index contributed by atoms with van der Waals surface area (Å²) in [6.07, 6.45) is 0.895. The molecule has 0 aliphatic carbocycles. The summed E-state index contributed by atoms with van der Waals surface area (Å²) in [5.74, 6) is -0.144. The third kappa shape index (κ3) is 11.0. The van der Waals surface area contributed by atoms with E-state index in [0.717, 1.165) is 23.1 Å². The maximum absolute atomic E-state index is 14.1. The van der Waals surface area contributed by atoms with Crippen molar-refractivity contribution < 1.29 is 19.1 Å².